The molecule has 0 aliphatic carbocycles. The zero-order valence-corrected chi connectivity index (χ0v) is 20.2. The van der Waals surface area contributed by atoms with Crippen molar-refractivity contribution in [1.29, 1.82) is 0 Å². The Morgan fingerprint density at radius 3 is 2.50 bits per heavy atom. The summed E-state index contributed by atoms with van der Waals surface area (Å²) in [6, 6.07) is 18.3. The van der Waals surface area contributed by atoms with E-state index in [1.165, 1.54) is 11.4 Å². The molecule has 1 saturated heterocycles. The smallest absolute Gasteiger partial charge is 0.273 e. The number of benzene rings is 2. The fourth-order valence-corrected chi connectivity index (χ4v) is 6.11. The molecule has 3 aromatic rings. The number of hydrogen-bond acceptors (Lipinski definition) is 6. The summed E-state index contributed by atoms with van der Waals surface area (Å²) in [4.78, 5) is 27.0. The number of ether oxygens (including phenoxy) is 1. The van der Waals surface area contributed by atoms with E-state index in [9.17, 15) is 18.0 Å². The van der Waals surface area contributed by atoms with Crippen molar-refractivity contribution in [2.75, 3.05) is 29.8 Å². The van der Waals surface area contributed by atoms with Gasteiger partial charge in [0.15, 0.2) is 6.61 Å². The van der Waals surface area contributed by atoms with Gasteiger partial charge in [-0.25, -0.2) is 8.42 Å². The Labute approximate surface area is 202 Å². The normalized spacial score (nSPS) is 15.7. The minimum absolute atomic E-state index is 0.211. The van der Waals surface area contributed by atoms with E-state index in [0.717, 1.165) is 17.8 Å². The number of sulfonamides is 1. The summed E-state index contributed by atoms with van der Waals surface area (Å²) in [5.74, 6) is -0.0490. The molecule has 2 heterocycles. The van der Waals surface area contributed by atoms with E-state index >= 15 is 0 Å². The van der Waals surface area contributed by atoms with E-state index in [2.05, 4.69) is 5.32 Å². The lowest BCUT2D eigenvalue weighted by atomic mass is 10.2. The predicted molar refractivity (Wildman–Crippen MR) is 132 cm³/mol. The number of anilines is 2. The molecule has 1 aliphatic heterocycles. The summed E-state index contributed by atoms with van der Waals surface area (Å²) in [7, 11) is -2.13. The van der Waals surface area contributed by atoms with Gasteiger partial charge in [-0.3, -0.25) is 13.9 Å². The number of thiophene rings is 1. The molecule has 0 spiro atoms. The molecule has 4 rings (SSSR count). The number of carbonyl (C=O) groups excluding carboxylic acids is 2. The zero-order chi connectivity index (χ0) is 24.1. The van der Waals surface area contributed by atoms with Crippen molar-refractivity contribution < 1.29 is 22.7 Å². The third kappa shape index (κ3) is 5.23. The van der Waals surface area contributed by atoms with Crippen LogP contribution in [0.15, 0.2) is 76.3 Å². The molecular weight excluding hydrogens is 474 g/mol. The van der Waals surface area contributed by atoms with Crippen LogP contribution in [0.5, 0.6) is 5.75 Å². The summed E-state index contributed by atoms with van der Waals surface area (Å²) in [5.41, 5.74) is 1.17. The van der Waals surface area contributed by atoms with E-state index in [0.29, 0.717) is 30.1 Å². The minimum Gasteiger partial charge on any atom is -0.484 e. The summed E-state index contributed by atoms with van der Waals surface area (Å²) < 4.78 is 32.4. The van der Waals surface area contributed by atoms with Crippen LogP contribution in [0, 0.1) is 0 Å². The first-order chi connectivity index (χ1) is 16.4. The van der Waals surface area contributed by atoms with Crippen molar-refractivity contribution in [3.63, 3.8) is 0 Å². The lowest BCUT2D eigenvalue weighted by Crippen LogP contribution is -2.45. The molecular formula is C24H25N3O5S2. The summed E-state index contributed by atoms with van der Waals surface area (Å²) in [5, 5.41) is 4.57. The quantitative estimate of drug-likeness (QED) is 0.511. The van der Waals surface area contributed by atoms with Gasteiger partial charge in [0.1, 0.15) is 16.0 Å². The van der Waals surface area contributed by atoms with Crippen molar-refractivity contribution in [2.45, 2.75) is 23.1 Å². The number of para-hydroxylation sites is 1. The van der Waals surface area contributed by atoms with Gasteiger partial charge in [0.2, 0.25) is 5.91 Å². The molecule has 0 radical (unpaired) electrons. The van der Waals surface area contributed by atoms with Crippen LogP contribution in [-0.2, 0) is 19.6 Å². The third-order valence-electron chi connectivity index (χ3n) is 5.59. The number of nitrogens with one attached hydrogen (secondary N) is 1. The number of carbonyl (C=O) groups is 2. The fraction of sp³-hybridized carbons (Fsp3) is 0.250. The van der Waals surface area contributed by atoms with E-state index in [-0.39, 0.29) is 22.6 Å². The van der Waals surface area contributed by atoms with Crippen LogP contribution in [0.3, 0.4) is 0 Å². The standard InChI is InChI=1S/C24H25N3O5S2/c1-26(34(30,31)23-10-6-16-33-23)19-11-13-20(14-12-19)32-17-22(28)27-15-5-9-21(27)24(29)25-18-7-3-2-4-8-18/h2-4,6-8,10-14,16,21H,5,9,15,17H2,1H3,(H,25,29). The maximum Gasteiger partial charge on any atom is 0.273 e. The molecule has 2 aromatic carbocycles. The highest BCUT2D eigenvalue weighted by atomic mass is 32.2. The molecule has 10 heteroatoms. The highest BCUT2D eigenvalue weighted by Crippen LogP contribution is 2.27. The second-order valence-electron chi connectivity index (χ2n) is 7.79. The molecule has 34 heavy (non-hydrogen) atoms. The van der Waals surface area contributed by atoms with Crippen molar-refractivity contribution in [3.05, 3.63) is 72.1 Å². The van der Waals surface area contributed by atoms with Gasteiger partial charge in [-0.15, -0.1) is 11.3 Å². The third-order valence-corrected chi connectivity index (χ3v) is 8.75. The van der Waals surface area contributed by atoms with Gasteiger partial charge < -0.3 is 15.0 Å². The Bertz CT molecular complexity index is 1230. The van der Waals surface area contributed by atoms with Gasteiger partial charge in [-0.2, -0.15) is 0 Å². The van der Waals surface area contributed by atoms with Gasteiger partial charge >= 0.3 is 0 Å². The van der Waals surface area contributed by atoms with Crippen LogP contribution in [-0.4, -0.2) is 51.4 Å². The van der Waals surface area contributed by atoms with Crippen LogP contribution >= 0.6 is 11.3 Å². The first kappa shape index (κ1) is 23.8. The Hall–Kier alpha value is -3.37. The Morgan fingerprint density at radius 2 is 1.82 bits per heavy atom. The van der Waals surface area contributed by atoms with Crippen LogP contribution < -0.4 is 14.4 Å². The Balaban J connectivity index is 1.34. The highest BCUT2D eigenvalue weighted by molar-refractivity contribution is 7.94. The highest BCUT2D eigenvalue weighted by Gasteiger charge is 2.34. The summed E-state index contributed by atoms with van der Waals surface area (Å²) in [6.45, 7) is 0.289. The fourth-order valence-electron chi connectivity index (χ4n) is 3.75. The van der Waals surface area contributed by atoms with Crippen molar-refractivity contribution in [2.24, 2.45) is 0 Å². The van der Waals surface area contributed by atoms with Gasteiger partial charge in [-0.1, -0.05) is 24.3 Å². The van der Waals surface area contributed by atoms with Gasteiger partial charge in [0, 0.05) is 19.3 Å². The molecule has 1 unspecified atom stereocenters. The van der Waals surface area contributed by atoms with Gasteiger partial charge in [0.05, 0.1) is 5.69 Å². The Kier molecular flexibility index (Phi) is 7.18. The number of amides is 2. The monoisotopic (exact) mass is 499 g/mol. The lowest BCUT2D eigenvalue weighted by Gasteiger charge is -2.24. The maximum atomic E-state index is 12.8. The topological polar surface area (TPSA) is 96.0 Å². The largest absolute Gasteiger partial charge is 0.484 e. The average Bonchev–Trinajstić information content (AvgIpc) is 3.56. The molecule has 178 valence electrons. The second-order valence-corrected chi connectivity index (χ2v) is 10.9. The van der Waals surface area contributed by atoms with Crippen molar-refractivity contribution in [3.8, 4) is 5.75 Å². The van der Waals surface area contributed by atoms with Gasteiger partial charge in [0.25, 0.3) is 15.9 Å². The van der Waals surface area contributed by atoms with Gasteiger partial charge in [-0.05, 0) is 60.7 Å². The molecule has 1 aromatic heterocycles. The molecule has 1 N–H and O–H groups in total. The van der Waals surface area contributed by atoms with Crippen LogP contribution in [0.1, 0.15) is 12.8 Å². The van der Waals surface area contributed by atoms with Crippen LogP contribution in [0.2, 0.25) is 0 Å². The molecule has 1 fully saturated rings. The number of rotatable bonds is 8. The molecule has 0 saturated carbocycles. The number of nitrogens with zero attached hydrogens (tertiary/aromatic N) is 2. The molecule has 8 nitrogen and oxygen atoms in total. The van der Waals surface area contributed by atoms with E-state index in [4.69, 9.17) is 4.74 Å². The Morgan fingerprint density at radius 1 is 1.09 bits per heavy atom. The van der Waals surface area contributed by atoms with E-state index in [1.54, 1.807) is 58.8 Å². The number of hydrogen-bond donors (Lipinski definition) is 1. The predicted octanol–water partition coefficient (Wildman–Crippen LogP) is 3.58. The first-order valence-electron chi connectivity index (χ1n) is 10.8. The minimum atomic E-state index is -3.62. The molecule has 0 bridgehead atoms. The molecule has 2 amide bonds. The summed E-state index contributed by atoms with van der Waals surface area (Å²) >= 11 is 1.16. The zero-order valence-electron chi connectivity index (χ0n) is 18.6. The molecule has 1 atom stereocenters. The lowest BCUT2D eigenvalue weighted by molar-refractivity contribution is -0.138. The van der Waals surface area contributed by atoms with Crippen LogP contribution in [0.25, 0.3) is 0 Å². The SMILES string of the molecule is CN(c1ccc(OCC(=O)N2CCCC2C(=O)Nc2ccccc2)cc1)S(=O)(=O)c1cccs1. The first-order valence-corrected chi connectivity index (χ1v) is 13.1. The second kappa shape index (κ2) is 10.3. The molecule has 1 aliphatic rings. The number of likely N-dealkylation sites (tertiary alicyclic amines) is 1. The van der Waals surface area contributed by atoms with E-state index < -0.39 is 16.1 Å². The van der Waals surface area contributed by atoms with Crippen molar-refractivity contribution >= 4 is 44.5 Å². The van der Waals surface area contributed by atoms with Crippen molar-refractivity contribution in [1.82, 2.24) is 4.90 Å². The average molecular weight is 500 g/mol. The maximum absolute atomic E-state index is 12.8. The summed E-state index contributed by atoms with van der Waals surface area (Å²) in [6.07, 6.45) is 1.35. The van der Waals surface area contributed by atoms with Crippen LogP contribution in [0.4, 0.5) is 11.4 Å². The van der Waals surface area contributed by atoms with E-state index in [1.807, 2.05) is 18.2 Å².